The van der Waals surface area contributed by atoms with E-state index < -0.39 is 54.2 Å². The second-order valence-electron chi connectivity index (χ2n) is 7.46. The Morgan fingerprint density at radius 3 is 1.83 bits per heavy atom. The average molecular weight is 448 g/mol. The zero-order chi connectivity index (χ0) is 23.4. The molecule has 0 aromatic rings. The van der Waals surface area contributed by atoms with Crippen LogP contribution in [0.4, 0.5) is 0 Å². The highest BCUT2D eigenvalue weighted by Crippen LogP contribution is 2.09. The Hall–Kier alpha value is -2.30. The Balaban J connectivity index is 5.31. The average Bonchev–Trinajstić information content (AvgIpc) is 2.65. The summed E-state index contributed by atoms with van der Waals surface area (Å²) in [7, 11) is 1.23. The van der Waals surface area contributed by atoms with Crippen LogP contribution in [-0.4, -0.2) is 72.0 Å². The van der Waals surface area contributed by atoms with Crippen LogP contribution in [0.25, 0.3) is 0 Å². The molecule has 3 amide bonds. The molecule has 0 aliphatic rings. The highest BCUT2D eigenvalue weighted by atomic mass is 32.2. The first-order valence-corrected chi connectivity index (χ1v) is 11.0. The molecule has 0 aliphatic heterocycles. The molecule has 172 valence electrons. The summed E-state index contributed by atoms with van der Waals surface area (Å²) in [5.41, 5.74) is 0. The van der Waals surface area contributed by atoms with Crippen molar-refractivity contribution in [3.63, 3.8) is 0 Å². The van der Waals surface area contributed by atoms with Gasteiger partial charge in [0, 0.05) is 0 Å². The van der Waals surface area contributed by atoms with Crippen LogP contribution in [-0.2, 0) is 28.7 Å². The van der Waals surface area contributed by atoms with Gasteiger partial charge in [-0.05, 0) is 30.3 Å². The fraction of sp³-hybridized carbons (Fsp3) is 0.737. The molecule has 0 saturated heterocycles. The number of esters is 1. The first-order valence-electron chi connectivity index (χ1n) is 9.63. The van der Waals surface area contributed by atoms with Gasteiger partial charge in [0.05, 0.1) is 7.11 Å². The molecule has 11 heteroatoms. The van der Waals surface area contributed by atoms with Gasteiger partial charge in [0.1, 0.15) is 24.5 Å². The van der Waals surface area contributed by atoms with E-state index in [4.69, 9.17) is 9.84 Å². The number of methoxy groups -OCH3 is 1. The molecule has 0 aliphatic carbocycles. The minimum atomic E-state index is -1.31. The number of nitrogens with one attached hydrogen (secondary N) is 3. The molecule has 3 atom stereocenters. The summed E-state index contributed by atoms with van der Waals surface area (Å²) in [6, 6.07) is -2.82. The quantitative estimate of drug-likeness (QED) is 0.230. The summed E-state index contributed by atoms with van der Waals surface area (Å²) in [5, 5.41) is 16.3. The van der Waals surface area contributed by atoms with Crippen LogP contribution in [0.5, 0.6) is 0 Å². The second-order valence-corrected chi connectivity index (χ2v) is 8.44. The maximum absolute atomic E-state index is 12.8. The molecule has 10 nitrogen and oxygen atoms in total. The van der Waals surface area contributed by atoms with Crippen LogP contribution in [0.1, 0.15) is 40.5 Å². The SMILES string of the molecule is COC(=O)[C@H](CCSC)NC(=O)[C@@H](NC(=O)[C@@H](NC(=O)CC(=O)O)C(C)C)C(C)C. The van der Waals surface area contributed by atoms with E-state index in [0.29, 0.717) is 12.2 Å². The van der Waals surface area contributed by atoms with E-state index in [1.165, 1.54) is 18.9 Å². The van der Waals surface area contributed by atoms with Crippen molar-refractivity contribution < 1.29 is 33.8 Å². The molecule has 0 radical (unpaired) electrons. The number of hydrogen-bond acceptors (Lipinski definition) is 7. The minimum absolute atomic E-state index is 0.310. The Labute approximate surface area is 181 Å². The molecule has 0 rings (SSSR count). The summed E-state index contributed by atoms with van der Waals surface area (Å²) in [6.07, 6.45) is 1.48. The normalized spacial score (nSPS) is 13.9. The lowest BCUT2D eigenvalue weighted by Gasteiger charge is -2.28. The molecule has 0 fully saturated rings. The van der Waals surface area contributed by atoms with E-state index in [1.54, 1.807) is 27.7 Å². The first-order chi connectivity index (χ1) is 13.9. The monoisotopic (exact) mass is 447 g/mol. The van der Waals surface area contributed by atoms with E-state index in [-0.39, 0.29) is 11.8 Å². The van der Waals surface area contributed by atoms with Gasteiger partial charge < -0.3 is 25.8 Å². The highest BCUT2D eigenvalue weighted by molar-refractivity contribution is 7.98. The third kappa shape index (κ3) is 9.95. The zero-order valence-electron chi connectivity index (χ0n) is 18.3. The van der Waals surface area contributed by atoms with Crippen LogP contribution >= 0.6 is 11.8 Å². The number of carbonyl (C=O) groups excluding carboxylic acids is 4. The molecule has 0 saturated carbocycles. The van der Waals surface area contributed by atoms with E-state index >= 15 is 0 Å². The number of carboxylic acid groups (broad SMARTS) is 1. The van der Waals surface area contributed by atoms with Crippen molar-refractivity contribution in [3.05, 3.63) is 0 Å². The van der Waals surface area contributed by atoms with Crippen molar-refractivity contribution in [2.75, 3.05) is 19.1 Å². The highest BCUT2D eigenvalue weighted by Gasteiger charge is 2.32. The summed E-state index contributed by atoms with van der Waals surface area (Å²) in [6.45, 7) is 6.83. The topological polar surface area (TPSA) is 151 Å². The predicted octanol–water partition coefficient (Wildman–Crippen LogP) is 0.154. The summed E-state index contributed by atoms with van der Waals surface area (Å²) in [5.74, 6) is -3.88. The van der Waals surface area contributed by atoms with Gasteiger partial charge in [-0.2, -0.15) is 11.8 Å². The van der Waals surface area contributed by atoms with Crippen molar-refractivity contribution in [3.8, 4) is 0 Å². The molecule has 0 heterocycles. The van der Waals surface area contributed by atoms with Crippen molar-refractivity contribution >= 4 is 41.4 Å². The Kier molecular flexibility index (Phi) is 12.8. The largest absolute Gasteiger partial charge is 0.481 e. The van der Waals surface area contributed by atoms with Crippen LogP contribution < -0.4 is 16.0 Å². The van der Waals surface area contributed by atoms with E-state index in [2.05, 4.69) is 16.0 Å². The third-order valence-electron chi connectivity index (χ3n) is 4.24. The number of aliphatic carboxylic acids is 1. The number of carbonyl (C=O) groups is 5. The third-order valence-corrected chi connectivity index (χ3v) is 4.88. The van der Waals surface area contributed by atoms with Gasteiger partial charge in [-0.25, -0.2) is 4.79 Å². The van der Waals surface area contributed by atoms with Gasteiger partial charge in [-0.1, -0.05) is 27.7 Å². The van der Waals surface area contributed by atoms with Crippen molar-refractivity contribution in [2.24, 2.45) is 11.8 Å². The van der Waals surface area contributed by atoms with Crippen LogP contribution in [0, 0.1) is 11.8 Å². The molecule has 0 bridgehead atoms. The lowest BCUT2D eigenvalue weighted by atomic mass is 9.99. The summed E-state index contributed by atoms with van der Waals surface area (Å²) < 4.78 is 4.73. The predicted molar refractivity (Wildman–Crippen MR) is 113 cm³/mol. The maximum atomic E-state index is 12.8. The van der Waals surface area contributed by atoms with Crippen LogP contribution in [0.15, 0.2) is 0 Å². The molecule has 0 aromatic heterocycles. The Morgan fingerprint density at radius 2 is 1.40 bits per heavy atom. The van der Waals surface area contributed by atoms with Crippen molar-refractivity contribution in [2.45, 2.75) is 58.7 Å². The molecular weight excluding hydrogens is 414 g/mol. The number of ether oxygens (including phenoxy) is 1. The second kappa shape index (κ2) is 13.8. The van der Waals surface area contributed by atoms with Gasteiger partial charge in [-0.3, -0.25) is 19.2 Å². The van der Waals surface area contributed by atoms with Gasteiger partial charge in [0.2, 0.25) is 17.7 Å². The first kappa shape index (κ1) is 27.7. The van der Waals surface area contributed by atoms with Crippen LogP contribution in [0.3, 0.4) is 0 Å². The molecule has 30 heavy (non-hydrogen) atoms. The number of carboxylic acids is 1. The number of hydrogen-bond donors (Lipinski definition) is 4. The van der Waals surface area contributed by atoms with Gasteiger partial charge in [-0.15, -0.1) is 0 Å². The van der Waals surface area contributed by atoms with E-state index in [9.17, 15) is 24.0 Å². The lowest BCUT2D eigenvalue weighted by molar-refractivity contribution is -0.146. The fourth-order valence-electron chi connectivity index (χ4n) is 2.56. The molecular formula is C19H33N3O7S. The van der Waals surface area contributed by atoms with Gasteiger partial charge >= 0.3 is 11.9 Å². The van der Waals surface area contributed by atoms with Gasteiger partial charge in [0.15, 0.2) is 0 Å². The Morgan fingerprint density at radius 1 is 0.900 bits per heavy atom. The van der Waals surface area contributed by atoms with Crippen molar-refractivity contribution in [1.82, 2.24) is 16.0 Å². The summed E-state index contributed by atoms with van der Waals surface area (Å²) in [4.78, 5) is 59.9. The van der Waals surface area contributed by atoms with E-state index in [1.807, 2.05) is 6.26 Å². The van der Waals surface area contributed by atoms with Gasteiger partial charge in [0.25, 0.3) is 0 Å². The molecule has 0 aromatic carbocycles. The van der Waals surface area contributed by atoms with Crippen LogP contribution in [0.2, 0.25) is 0 Å². The number of rotatable bonds is 13. The number of thioether (sulfide) groups is 1. The molecule has 0 unspecified atom stereocenters. The minimum Gasteiger partial charge on any atom is -0.481 e. The molecule has 0 spiro atoms. The Bertz CT molecular complexity index is 625. The lowest BCUT2D eigenvalue weighted by Crippen LogP contribution is -2.58. The number of amides is 3. The smallest absolute Gasteiger partial charge is 0.328 e. The summed E-state index contributed by atoms with van der Waals surface area (Å²) >= 11 is 1.52. The maximum Gasteiger partial charge on any atom is 0.328 e. The van der Waals surface area contributed by atoms with E-state index in [0.717, 1.165) is 0 Å². The standard InChI is InChI=1S/C19H33N3O7S/c1-10(2)15(21-13(23)9-14(24)25)18(27)22-16(11(3)4)17(26)20-12(7-8-30-6)19(28)29-5/h10-12,15-16H,7-9H2,1-6H3,(H,20,26)(H,21,23)(H,22,27)(H,24,25)/t12-,15-,16-/m0/s1. The fourth-order valence-corrected chi connectivity index (χ4v) is 3.03. The zero-order valence-corrected chi connectivity index (χ0v) is 19.1. The van der Waals surface area contributed by atoms with Crippen molar-refractivity contribution in [1.29, 1.82) is 0 Å². The molecule has 4 N–H and O–H groups in total.